The molecule has 6 aromatic rings. The molecule has 0 radical (unpaired) electrons. The van der Waals surface area contributed by atoms with Crippen LogP contribution in [0.3, 0.4) is 0 Å². The molecule has 0 aliphatic heterocycles. The largest absolute Gasteiger partial charge is 0.354 e. The fourth-order valence-corrected chi connectivity index (χ4v) is 6.59. The molecule has 0 saturated heterocycles. The van der Waals surface area contributed by atoms with E-state index in [1.54, 1.807) is 0 Å². The molecule has 0 spiro atoms. The zero-order valence-corrected chi connectivity index (χ0v) is 37.2. The molecule has 2 heterocycles. The number of hydrogen-bond donors (Lipinski definition) is 6. The molecular weight excluding hydrogens is 781 g/mol. The van der Waals surface area contributed by atoms with Crippen LogP contribution in [0.1, 0.15) is 93.9 Å². The highest BCUT2D eigenvalue weighted by molar-refractivity contribution is 5.75. The van der Waals surface area contributed by atoms with E-state index >= 15 is 0 Å². The van der Waals surface area contributed by atoms with Crippen LogP contribution in [-0.2, 0) is 0 Å². The van der Waals surface area contributed by atoms with Gasteiger partial charge in [0, 0.05) is 35.8 Å². The molecule has 12 nitrogen and oxygen atoms in total. The van der Waals surface area contributed by atoms with Gasteiger partial charge in [-0.25, -0.2) is 0 Å². The molecule has 0 amide bonds. The van der Waals surface area contributed by atoms with Gasteiger partial charge in [-0.2, -0.15) is 29.9 Å². The Kier molecular flexibility index (Phi) is 18.0. The second-order valence-electron chi connectivity index (χ2n) is 15.3. The Balaban J connectivity index is 1.10. The molecule has 0 bridgehead atoms. The summed E-state index contributed by atoms with van der Waals surface area (Å²) in [6.45, 7) is 10.1. The predicted octanol–water partition coefficient (Wildman–Crippen LogP) is 13.3. The first-order valence-electron chi connectivity index (χ1n) is 22.3. The summed E-state index contributed by atoms with van der Waals surface area (Å²) in [4.78, 5) is 28.1. The van der Waals surface area contributed by atoms with Crippen molar-refractivity contribution in [3.05, 3.63) is 144 Å². The van der Waals surface area contributed by atoms with Crippen molar-refractivity contribution in [2.45, 2.75) is 85.5 Å². The normalized spacial score (nSPS) is 11.4. The standard InChI is InChI=1S/C51H62N12/c1-5-7-9-11-13-15-23-35-53-47-59-49(55-43-26-20-17-21-27-43)63-51(61-47)57-45-33-31-41(39(4)37-45)29-28-40-30-32-44(36-38(40)3)56-50-60-46(52-34-22-14-12-10-8-6-2)58-48(62-50)54-42-24-18-16-19-25-42/h12-21,24-33,36-37H,5-11,22-23,34-35H2,1-4H3,(H3,52,54,56,58,60,62)(H3,53,55,57,59,61,63)/b14-12+,15-13+,29-28?. The molecule has 0 unspecified atom stereocenters. The van der Waals surface area contributed by atoms with Gasteiger partial charge < -0.3 is 31.9 Å². The zero-order chi connectivity index (χ0) is 43.9. The van der Waals surface area contributed by atoms with Crippen molar-refractivity contribution in [1.29, 1.82) is 0 Å². The van der Waals surface area contributed by atoms with Gasteiger partial charge in [0.05, 0.1) is 0 Å². The molecule has 4 aromatic carbocycles. The molecule has 0 fully saturated rings. The van der Waals surface area contributed by atoms with Crippen molar-refractivity contribution in [2.24, 2.45) is 0 Å². The third-order valence-electron chi connectivity index (χ3n) is 10.0. The number of unbranched alkanes of at least 4 members (excludes halogenated alkanes) is 5. The van der Waals surface area contributed by atoms with Gasteiger partial charge in [0.1, 0.15) is 0 Å². The first-order valence-corrected chi connectivity index (χ1v) is 22.3. The number of benzene rings is 4. The van der Waals surface area contributed by atoms with Gasteiger partial charge in [-0.15, -0.1) is 0 Å². The van der Waals surface area contributed by atoms with Crippen LogP contribution in [0.2, 0.25) is 0 Å². The number of rotatable bonds is 25. The lowest BCUT2D eigenvalue weighted by Gasteiger charge is -2.12. The zero-order valence-electron chi connectivity index (χ0n) is 37.2. The van der Waals surface area contributed by atoms with Gasteiger partial charge in [-0.1, -0.05) is 125 Å². The average Bonchev–Trinajstić information content (AvgIpc) is 3.28. The lowest BCUT2D eigenvalue weighted by molar-refractivity contribution is 0.728. The van der Waals surface area contributed by atoms with Crippen molar-refractivity contribution >= 4 is 70.6 Å². The Hall–Kier alpha value is -7.08. The van der Waals surface area contributed by atoms with E-state index in [2.05, 4.69) is 135 Å². The maximum atomic E-state index is 4.70. The van der Waals surface area contributed by atoms with Crippen LogP contribution in [0.5, 0.6) is 0 Å². The van der Waals surface area contributed by atoms with E-state index in [1.165, 1.54) is 32.1 Å². The van der Waals surface area contributed by atoms with Crippen molar-refractivity contribution in [1.82, 2.24) is 29.9 Å². The summed E-state index contributed by atoms with van der Waals surface area (Å²) in [7, 11) is 0. The van der Waals surface area contributed by atoms with E-state index in [0.29, 0.717) is 35.7 Å². The first-order chi connectivity index (χ1) is 30.9. The predicted molar refractivity (Wildman–Crippen MR) is 265 cm³/mol. The number of aryl methyl sites for hydroxylation is 2. The molecule has 63 heavy (non-hydrogen) atoms. The molecule has 6 rings (SSSR count). The highest BCUT2D eigenvalue weighted by atomic mass is 15.3. The first kappa shape index (κ1) is 45.4. The number of anilines is 10. The molecule has 0 saturated carbocycles. The van der Waals surface area contributed by atoms with E-state index in [4.69, 9.17) is 15.0 Å². The molecule has 326 valence electrons. The van der Waals surface area contributed by atoms with E-state index in [9.17, 15) is 0 Å². The quantitative estimate of drug-likeness (QED) is 0.0185. The molecule has 0 aliphatic rings. The SMILES string of the molecule is CCCC/C=C/CCNc1nc(Nc2ccccc2)nc(Nc2ccc(C=Cc3ccc(Nc4nc(NCC/C=C/CCCCC)nc(Nc5ccccc5)n4)cc3C)c(C)c2)n1. The van der Waals surface area contributed by atoms with Crippen LogP contribution >= 0.6 is 0 Å². The Morgan fingerprint density at radius 3 is 1.19 bits per heavy atom. The Bertz CT molecular complexity index is 2400. The number of aromatic nitrogens is 6. The maximum Gasteiger partial charge on any atom is 0.233 e. The lowest BCUT2D eigenvalue weighted by atomic mass is 10.0. The summed E-state index contributed by atoms with van der Waals surface area (Å²) in [5, 5.41) is 20.2. The topological polar surface area (TPSA) is 150 Å². The average molecular weight is 843 g/mol. The second kappa shape index (κ2) is 25.0. The monoisotopic (exact) mass is 843 g/mol. The van der Waals surface area contributed by atoms with Gasteiger partial charge in [-0.3, -0.25) is 0 Å². The highest BCUT2D eigenvalue weighted by Crippen LogP contribution is 2.25. The number of nitrogens with zero attached hydrogens (tertiary/aromatic N) is 6. The second-order valence-corrected chi connectivity index (χ2v) is 15.3. The van der Waals surface area contributed by atoms with Crippen LogP contribution in [0, 0.1) is 13.8 Å². The van der Waals surface area contributed by atoms with Crippen LogP contribution in [-0.4, -0.2) is 43.0 Å². The van der Waals surface area contributed by atoms with E-state index in [1.807, 2.05) is 72.8 Å². The Morgan fingerprint density at radius 1 is 0.397 bits per heavy atom. The lowest BCUT2D eigenvalue weighted by Crippen LogP contribution is -2.10. The van der Waals surface area contributed by atoms with E-state index in [-0.39, 0.29) is 0 Å². The van der Waals surface area contributed by atoms with Gasteiger partial charge in [-0.05, 0) is 117 Å². The minimum absolute atomic E-state index is 0.450. The van der Waals surface area contributed by atoms with Crippen molar-refractivity contribution in [2.75, 3.05) is 45.0 Å². The third-order valence-corrected chi connectivity index (χ3v) is 10.0. The minimum Gasteiger partial charge on any atom is -0.354 e. The summed E-state index contributed by atoms with van der Waals surface area (Å²) in [6, 6.07) is 32.3. The molecular formula is C51H62N12. The van der Waals surface area contributed by atoms with Crippen LogP contribution in [0.15, 0.2) is 121 Å². The number of para-hydroxylation sites is 2. The number of nitrogens with one attached hydrogen (secondary N) is 6. The fourth-order valence-electron chi connectivity index (χ4n) is 6.59. The Morgan fingerprint density at radius 2 is 0.778 bits per heavy atom. The van der Waals surface area contributed by atoms with Gasteiger partial charge in [0.15, 0.2) is 0 Å². The third kappa shape index (κ3) is 15.7. The smallest absolute Gasteiger partial charge is 0.233 e. The number of allylic oxidation sites excluding steroid dienone is 2. The van der Waals surface area contributed by atoms with Crippen LogP contribution in [0.4, 0.5) is 58.4 Å². The van der Waals surface area contributed by atoms with Gasteiger partial charge in [0.25, 0.3) is 0 Å². The van der Waals surface area contributed by atoms with E-state index < -0.39 is 0 Å². The highest BCUT2D eigenvalue weighted by Gasteiger charge is 2.11. The van der Waals surface area contributed by atoms with Crippen molar-refractivity contribution in [3.8, 4) is 0 Å². The van der Waals surface area contributed by atoms with Crippen molar-refractivity contribution < 1.29 is 0 Å². The Labute approximate surface area is 373 Å². The number of hydrogen-bond acceptors (Lipinski definition) is 12. The molecule has 12 heteroatoms. The van der Waals surface area contributed by atoms with Crippen LogP contribution in [0.25, 0.3) is 12.2 Å². The summed E-state index contributed by atoms with van der Waals surface area (Å²) >= 11 is 0. The summed E-state index contributed by atoms with van der Waals surface area (Å²) in [5.74, 6) is 2.83. The fraction of sp³-hybridized carbons (Fsp3) is 0.294. The van der Waals surface area contributed by atoms with E-state index in [0.717, 1.165) is 83.8 Å². The minimum atomic E-state index is 0.450. The molecule has 0 aliphatic carbocycles. The summed E-state index contributed by atoms with van der Waals surface area (Å²) < 4.78 is 0. The molecule has 6 N–H and O–H groups in total. The summed E-state index contributed by atoms with van der Waals surface area (Å²) in [6.07, 6.45) is 23.4. The maximum absolute atomic E-state index is 4.70. The molecule has 2 aromatic heterocycles. The van der Waals surface area contributed by atoms with Crippen LogP contribution < -0.4 is 31.9 Å². The summed E-state index contributed by atoms with van der Waals surface area (Å²) in [5.41, 5.74) is 7.99. The van der Waals surface area contributed by atoms with Gasteiger partial charge >= 0.3 is 0 Å². The molecule has 0 atom stereocenters. The van der Waals surface area contributed by atoms with Crippen molar-refractivity contribution in [3.63, 3.8) is 0 Å². The van der Waals surface area contributed by atoms with Gasteiger partial charge in [0.2, 0.25) is 35.7 Å².